The van der Waals surface area contributed by atoms with Gasteiger partial charge in [0.15, 0.2) is 0 Å². The molecule has 0 spiro atoms. The number of ketones is 1. The van der Waals surface area contributed by atoms with E-state index in [0.29, 0.717) is 26.1 Å². The molecule has 8 atom stereocenters. The minimum absolute atomic E-state index is 0.0888. The maximum absolute atomic E-state index is 13.8. The molecule has 2 aromatic carbocycles. The van der Waals surface area contributed by atoms with Crippen molar-refractivity contribution < 1.29 is 33.6 Å². The van der Waals surface area contributed by atoms with Gasteiger partial charge in [0.25, 0.3) is 0 Å². The molecule has 7 nitrogen and oxygen atoms in total. The van der Waals surface area contributed by atoms with Gasteiger partial charge in [-0.25, -0.2) is 4.79 Å². The van der Waals surface area contributed by atoms with Crippen LogP contribution in [0.5, 0.6) is 0 Å². The lowest BCUT2D eigenvalue weighted by molar-refractivity contribution is -0.232. The van der Waals surface area contributed by atoms with Crippen LogP contribution in [0.15, 0.2) is 60.7 Å². The van der Waals surface area contributed by atoms with Gasteiger partial charge in [0.2, 0.25) is 0 Å². The largest absolute Gasteiger partial charge is 0.464 e. The number of esters is 1. The van der Waals surface area contributed by atoms with Crippen molar-refractivity contribution in [2.24, 2.45) is 34.0 Å². The van der Waals surface area contributed by atoms with Gasteiger partial charge in [0, 0.05) is 23.7 Å². The average Bonchev–Trinajstić information content (AvgIpc) is 3.39. The van der Waals surface area contributed by atoms with Crippen molar-refractivity contribution in [3.63, 3.8) is 0 Å². The standard InChI is InChI=1S/C37H50O7/c1-5-35(3)20-31(39)36(4)29(23-43-32(40)24-41-21-27-12-8-6-9-13-27)16-18-37(19-17-30(38)33(36)37)26(2)34(35)44-25-42-22-28-14-10-7-11-15-28/h6-15,26,29,31,33-34,39H,5,16-25H2,1-4H3/t26-,29+,31-,33?,34+,35+,36+,37+/m1/s1. The molecule has 0 heterocycles. The normalized spacial score (nSPS) is 35.0. The number of hydrogen-bond donors (Lipinski definition) is 1. The van der Waals surface area contributed by atoms with E-state index < -0.39 is 17.5 Å². The fourth-order valence-electron chi connectivity index (χ4n) is 8.93. The number of rotatable bonds is 12. The number of Topliss-reactive ketones (excluding diaryl/α,β-unsaturated/α-hetero) is 1. The number of aliphatic hydroxyl groups excluding tert-OH is 1. The van der Waals surface area contributed by atoms with Crippen molar-refractivity contribution in [3.8, 4) is 0 Å². The minimum Gasteiger partial charge on any atom is -0.464 e. The van der Waals surface area contributed by atoms with Crippen molar-refractivity contribution in [2.75, 3.05) is 20.0 Å². The SMILES string of the molecule is CC[C@@]1(C)C[C@@H](O)[C@@]2(C)C3C(=O)CC[C@@]3(CC[C@H]2COC(=O)COCc2ccccc2)[C@H](C)[C@@H]1OCOCc1ccccc1. The van der Waals surface area contributed by atoms with Crippen LogP contribution in [0.3, 0.4) is 0 Å². The molecule has 3 aliphatic carbocycles. The molecule has 1 N–H and O–H groups in total. The number of aliphatic hydroxyl groups is 1. The van der Waals surface area contributed by atoms with E-state index in [1.54, 1.807) is 0 Å². The highest BCUT2D eigenvalue weighted by Crippen LogP contribution is 2.68. The lowest BCUT2D eigenvalue weighted by Crippen LogP contribution is -2.64. The second-order valence-electron chi connectivity index (χ2n) is 14.0. The molecule has 5 rings (SSSR count). The maximum Gasteiger partial charge on any atom is 0.332 e. The fourth-order valence-corrected chi connectivity index (χ4v) is 8.93. The Morgan fingerprint density at radius 2 is 1.59 bits per heavy atom. The van der Waals surface area contributed by atoms with E-state index in [-0.39, 0.29) is 60.5 Å². The van der Waals surface area contributed by atoms with Gasteiger partial charge in [0.1, 0.15) is 19.2 Å². The third-order valence-electron chi connectivity index (χ3n) is 11.6. The first-order valence-electron chi connectivity index (χ1n) is 16.4. The second kappa shape index (κ2) is 13.8. The van der Waals surface area contributed by atoms with E-state index in [2.05, 4.69) is 27.7 Å². The van der Waals surface area contributed by atoms with Gasteiger partial charge in [0.05, 0.1) is 32.0 Å². The summed E-state index contributed by atoms with van der Waals surface area (Å²) in [6, 6.07) is 19.8. The molecule has 3 saturated carbocycles. The molecular weight excluding hydrogens is 556 g/mol. The van der Waals surface area contributed by atoms with Crippen LogP contribution in [0.1, 0.15) is 77.3 Å². The summed E-state index contributed by atoms with van der Waals surface area (Å²) in [7, 11) is 0. The van der Waals surface area contributed by atoms with Crippen LogP contribution in [0.25, 0.3) is 0 Å². The zero-order chi connectivity index (χ0) is 31.4. The van der Waals surface area contributed by atoms with Crippen molar-refractivity contribution in [3.05, 3.63) is 71.8 Å². The monoisotopic (exact) mass is 606 g/mol. The van der Waals surface area contributed by atoms with Crippen molar-refractivity contribution >= 4 is 11.8 Å². The van der Waals surface area contributed by atoms with Crippen LogP contribution in [0.2, 0.25) is 0 Å². The van der Waals surface area contributed by atoms with Crippen molar-refractivity contribution in [1.29, 1.82) is 0 Å². The predicted molar refractivity (Wildman–Crippen MR) is 167 cm³/mol. The van der Waals surface area contributed by atoms with Gasteiger partial charge in [-0.15, -0.1) is 0 Å². The molecule has 44 heavy (non-hydrogen) atoms. The first-order valence-corrected chi connectivity index (χ1v) is 16.4. The summed E-state index contributed by atoms with van der Waals surface area (Å²) in [5.74, 6) is -0.554. The molecule has 0 radical (unpaired) electrons. The maximum atomic E-state index is 13.8. The van der Waals surface area contributed by atoms with Gasteiger partial charge in [-0.1, -0.05) is 88.4 Å². The van der Waals surface area contributed by atoms with Crippen molar-refractivity contribution in [2.45, 2.75) is 91.6 Å². The first kappa shape index (κ1) is 32.8. The minimum atomic E-state index is -0.749. The van der Waals surface area contributed by atoms with E-state index >= 15 is 0 Å². The van der Waals surface area contributed by atoms with E-state index in [1.165, 1.54) is 0 Å². The summed E-state index contributed by atoms with van der Waals surface area (Å²) in [6.45, 7) is 9.70. The number of hydrogen-bond acceptors (Lipinski definition) is 7. The Kier molecular flexibility index (Phi) is 10.3. The number of ether oxygens (including phenoxy) is 4. The molecule has 0 amide bonds. The first-order chi connectivity index (χ1) is 21.1. The highest BCUT2D eigenvalue weighted by Gasteiger charge is 2.68. The van der Waals surface area contributed by atoms with E-state index in [4.69, 9.17) is 18.9 Å². The summed E-state index contributed by atoms with van der Waals surface area (Å²) in [4.78, 5) is 26.5. The van der Waals surface area contributed by atoms with Gasteiger partial charge < -0.3 is 24.1 Å². The highest BCUT2D eigenvalue weighted by molar-refractivity contribution is 5.85. The molecule has 2 aromatic rings. The Hall–Kier alpha value is -2.58. The quantitative estimate of drug-likeness (QED) is 0.167. The lowest BCUT2D eigenvalue weighted by Gasteiger charge is -2.62. The summed E-state index contributed by atoms with van der Waals surface area (Å²) in [5, 5.41) is 12.1. The molecule has 1 unspecified atom stereocenters. The number of benzene rings is 2. The Morgan fingerprint density at radius 3 is 2.23 bits per heavy atom. The number of carbonyl (C=O) groups is 2. The fraction of sp³-hybridized carbons (Fsp3) is 0.622. The summed E-state index contributed by atoms with van der Waals surface area (Å²) in [6.07, 6.45) is 3.32. The third kappa shape index (κ3) is 6.39. The summed E-state index contributed by atoms with van der Waals surface area (Å²) in [5.41, 5.74) is 0.757. The van der Waals surface area contributed by atoms with Crippen LogP contribution < -0.4 is 0 Å². The lowest BCUT2D eigenvalue weighted by atomic mass is 9.43. The van der Waals surface area contributed by atoms with Crippen LogP contribution >= 0.6 is 0 Å². The zero-order valence-electron chi connectivity index (χ0n) is 26.8. The predicted octanol–water partition coefficient (Wildman–Crippen LogP) is 6.50. The Bertz CT molecular complexity index is 1250. The molecule has 3 aliphatic rings. The average molecular weight is 607 g/mol. The Morgan fingerprint density at radius 1 is 0.955 bits per heavy atom. The summed E-state index contributed by atoms with van der Waals surface area (Å²) >= 11 is 0. The van der Waals surface area contributed by atoms with E-state index in [9.17, 15) is 14.7 Å². The second-order valence-corrected chi connectivity index (χ2v) is 14.0. The topological polar surface area (TPSA) is 91.3 Å². The molecule has 0 aliphatic heterocycles. The van der Waals surface area contributed by atoms with Crippen LogP contribution in [-0.2, 0) is 41.8 Å². The number of carbonyl (C=O) groups excluding carboxylic acids is 2. The highest BCUT2D eigenvalue weighted by atomic mass is 16.7. The van der Waals surface area contributed by atoms with Crippen molar-refractivity contribution in [1.82, 2.24) is 0 Å². The molecule has 7 heteroatoms. The Labute approximate surface area is 262 Å². The van der Waals surface area contributed by atoms with Gasteiger partial charge in [-0.3, -0.25) is 4.79 Å². The van der Waals surface area contributed by atoms with Gasteiger partial charge in [-0.05, 0) is 60.0 Å². The van der Waals surface area contributed by atoms with Gasteiger partial charge in [-0.2, -0.15) is 0 Å². The molecule has 3 fully saturated rings. The molecule has 0 saturated heterocycles. The molecule has 240 valence electrons. The van der Waals surface area contributed by atoms with Crippen LogP contribution in [-0.4, -0.2) is 49.1 Å². The summed E-state index contributed by atoms with van der Waals surface area (Å²) < 4.78 is 24.0. The molecule has 2 bridgehead atoms. The van der Waals surface area contributed by atoms with E-state index in [0.717, 1.165) is 36.8 Å². The zero-order valence-corrected chi connectivity index (χ0v) is 26.8. The molecule has 0 aromatic heterocycles. The molecular formula is C37H50O7. The van der Waals surface area contributed by atoms with Crippen LogP contribution in [0.4, 0.5) is 0 Å². The smallest absolute Gasteiger partial charge is 0.332 e. The van der Waals surface area contributed by atoms with E-state index in [1.807, 2.05) is 60.7 Å². The third-order valence-corrected chi connectivity index (χ3v) is 11.6. The Balaban J connectivity index is 1.30. The van der Waals surface area contributed by atoms with Gasteiger partial charge >= 0.3 is 5.97 Å². The van der Waals surface area contributed by atoms with Crippen LogP contribution in [0, 0.1) is 34.0 Å².